The minimum absolute atomic E-state index is 0. The molecule has 2 heterocycles. The maximum atomic E-state index is 11.8. The lowest BCUT2D eigenvalue weighted by Crippen LogP contribution is -2.15. The molecular formula is C12H13ClN2O2. The molecule has 0 bridgehead atoms. The van der Waals surface area contributed by atoms with Crippen LogP contribution >= 0.6 is 12.4 Å². The summed E-state index contributed by atoms with van der Waals surface area (Å²) >= 11 is 0. The van der Waals surface area contributed by atoms with Crippen LogP contribution in [0.5, 0.6) is 0 Å². The number of hydrogen-bond donors (Lipinski definition) is 1. The van der Waals surface area contributed by atoms with Crippen molar-refractivity contribution in [2.75, 3.05) is 5.73 Å². The largest absolute Gasteiger partial charge is 0.436 e. The van der Waals surface area contributed by atoms with Gasteiger partial charge in [-0.2, -0.15) is 0 Å². The predicted molar refractivity (Wildman–Crippen MR) is 68.5 cm³/mol. The van der Waals surface area contributed by atoms with Crippen LogP contribution in [0.3, 0.4) is 0 Å². The Morgan fingerprint density at radius 2 is 2.00 bits per heavy atom. The molecule has 2 N–H and O–H groups in total. The number of nitrogens with two attached hydrogens (primary N) is 1. The van der Waals surface area contributed by atoms with Crippen LogP contribution in [0, 0.1) is 0 Å². The second-order valence-corrected chi connectivity index (χ2v) is 4.56. The summed E-state index contributed by atoms with van der Waals surface area (Å²) in [5.41, 5.74) is 7.49. The number of ether oxygens (including phenoxy) is 1. The number of carbonyl (C=O) groups excluding carboxylic acids is 1. The van der Waals surface area contributed by atoms with E-state index in [9.17, 15) is 4.79 Å². The van der Waals surface area contributed by atoms with Crippen LogP contribution in [0.25, 0.3) is 10.9 Å². The van der Waals surface area contributed by atoms with E-state index < -0.39 is 5.60 Å². The van der Waals surface area contributed by atoms with Gasteiger partial charge in [-0.3, -0.25) is 0 Å². The predicted octanol–water partition coefficient (Wildman–Crippen LogP) is 2.88. The maximum absolute atomic E-state index is 11.8. The second kappa shape index (κ2) is 3.40. The summed E-state index contributed by atoms with van der Waals surface area (Å²) < 4.78 is 6.88. The molecule has 1 aliphatic heterocycles. The van der Waals surface area contributed by atoms with Crippen LogP contribution in [-0.2, 0) is 10.3 Å². The van der Waals surface area contributed by atoms with Crippen molar-refractivity contribution >= 4 is 35.1 Å². The van der Waals surface area contributed by atoms with E-state index in [4.69, 9.17) is 10.5 Å². The Kier molecular flexibility index (Phi) is 2.36. The van der Waals surface area contributed by atoms with E-state index in [2.05, 4.69) is 0 Å². The number of aromatic nitrogens is 1. The molecule has 90 valence electrons. The minimum atomic E-state index is -0.565. The van der Waals surface area contributed by atoms with Crippen molar-refractivity contribution in [3.63, 3.8) is 0 Å². The van der Waals surface area contributed by atoms with Gasteiger partial charge in [-0.1, -0.05) is 6.07 Å². The molecule has 3 rings (SSSR count). The van der Waals surface area contributed by atoms with E-state index in [0.29, 0.717) is 5.69 Å². The van der Waals surface area contributed by atoms with Crippen molar-refractivity contribution in [1.29, 1.82) is 0 Å². The zero-order chi connectivity index (χ0) is 11.5. The fraction of sp³-hybridized carbons (Fsp3) is 0.250. The zero-order valence-electron chi connectivity index (χ0n) is 9.56. The van der Waals surface area contributed by atoms with Crippen molar-refractivity contribution in [2.24, 2.45) is 0 Å². The molecule has 0 aliphatic carbocycles. The summed E-state index contributed by atoms with van der Waals surface area (Å²) in [4.78, 5) is 11.8. The molecule has 0 atom stereocenters. The second-order valence-electron chi connectivity index (χ2n) is 4.56. The number of halogens is 1. The van der Waals surface area contributed by atoms with Crippen molar-refractivity contribution in [3.05, 3.63) is 30.0 Å². The van der Waals surface area contributed by atoms with Crippen LogP contribution in [0.15, 0.2) is 24.3 Å². The number of fused-ring (bicyclic) bond motifs is 3. The molecule has 1 aromatic carbocycles. The van der Waals surface area contributed by atoms with Gasteiger partial charge in [0.05, 0.1) is 11.2 Å². The third-order valence-corrected chi connectivity index (χ3v) is 2.97. The van der Waals surface area contributed by atoms with Gasteiger partial charge in [0.15, 0.2) is 0 Å². The molecule has 5 heteroatoms. The van der Waals surface area contributed by atoms with Crippen molar-refractivity contribution in [3.8, 4) is 0 Å². The lowest BCUT2D eigenvalue weighted by molar-refractivity contribution is 0.0633. The lowest BCUT2D eigenvalue weighted by Gasteiger charge is -2.14. The first-order valence-electron chi connectivity index (χ1n) is 5.14. The SMILES string of the molecule is CC1(C)OC(=O)n2c1cc1ccc(N)cc12.Cl. The van der Waals surface area contributed by atoms with Gasteiger partial charge in [-0.25, -0.2) is 9.36 Å². The number of cyclic esters (lactones) is 1. The molecule has 1 aromatic heterocycles. The van der Waals surface area contributed by atoms with E-state index in [1.807, 2.05) is 32.0 Å². The summed E-state index contributed by atoms with van der Waals surface area (Å²) in [7, 11) is 0. The Morgan fingerprint density at radius 1 is 1.29 bits per heavy atom. The molecule has 0 unspecified atom stereocenters. The first-order valence-corrected chi connectivity index (χ1v) is 5.14. The fourth-order valence-electron chi connectivity index (χ4n) is 2.17. The Hall–Kier alpha value is -1.68. The molecule has 4 nitrogen and oxygen atoms in total. The Morgan fingerprint density at radius 3 is 2.71 bits per heavy atom. The number of nitrogens with zero attached hydrogens (tertiary/aromatic N) is 1. The highest BCUT2D eigenvalue weighted by atomic mass is 35.5. The third kappa shape index (κ3) is 1.48. The van der Waals surface area contributed by atoms with Gasteiger partial charge < -0.3 is 10.5 Å². The Balaban J connectivity index is 0.00000108. The molecule has 17 heavy (non-hydrogen) atoms. The molecule has 0 saturated carbocycles. The summed E-state index contributed by atoms with van der Waals surface area (Å²) in [5.74, 6) is 0. The monoisotopic (exact) mass is 252 g/mol. The van der Waals surface area contributed by atoms with Gasteiger partial charge in [0.1, 0.15) is 5.60 Å². The normalized spacial score (nSPS) is 16.5. The van der Waals surface area contributed by atoms with E-state index in [0.717, 1.165) is 16.6 Å². The zero-order valence-corrected chi connectivity index (χ0v) is 10.4. The molecule has 0 fully saturated rings. The molecule has 1 aliphatic rings. The van der Waals surface area contributed by atoms with E-state index in [-0.39, 0.29) is 18.5 Å². The lowest BCUT2D eigenvalue weighted by atomic mass is 10.1. The molecule has 2 aromatic rings. The van der Waals surface area contributed by atoms with Gasteiger partial charge in [-0.05, 0) is 32.0 Å². The quantitative estimate of drug-likeness (QED) is 0.734. The van der Waals surface area contributed by atoms with Crippen molar-refractivity contribution < 1.29 is 9.53 Å². The van der Waals surface area contributed by atoms with E-state index in [1.54, 1.807) is 10.6 Å². The minimum Gasteiger partial charge on any atom is -0.436 e. The van der Waals surface area contributed by atoms with Crippen LogP contribution in [0.4, 0.5) is 10.5 Å². The van der Waals surface area contributed by atoms with Crippen LogP contribution in [0.1, 0.15) is 19.5 Å². The Bertz CT molecular complexity index is 616. The summed E-state index contributed by atoms with van der Waals surface area (Å²) in [6.45, 7) is 3.76. The average Bonchev–Trinajstić information content (AvgIpc) is 2.64. The highest BCUT2D eigenvalue weighted by Crippen LogP contribution is 2.37. The number of rotatable bonds is 0. The number of benzene rings is 1. The number of carbonyl (C=O) groups is 1. The Labute approximate surface area is 105 Å². The number of anilines is 1. The van der Waals surface area contributed by atoms with Gasteiger partial charge in [0.2, 0.25) is 0 Å². The van der Waals surface area contributed by atoms with Crippen LogP contribution in [0.2, 0.25) is 0 Å². The highest BCUT2D eigenvalue weighted by molar-refractivity contribution is 5.94. The van der Waals surface area contributed by atoms with Crippen molar-refractivity contribution in [1.82, 2.24) is 4.57 Å². The van der Waals surface area contributed by atoms with Crippen molar-refractivity contribution in [2.45, 2.75) is 19.4 Å². The van der Waals surface area contributed by atoms with Gasteiger partial charge in [-0.15, -0.1) is 12.4 Å². The smallest absolute Gasteiger partial charge is 0.419 e. The molecule has 0 amide bonds. The third-order valence-electron chi connectivity index (χ3n) is 2.97. The first-order chi connectivity index (χ1) is 7.49. The average molecular weight is 253 g/mol. The number of nitrogen functional groups attached to an aromatic ring is 1. The highest BCUT2D eigenvalue weighted by Gasteiger charge is 2.39. The molecular weight excluding hydrogens is 240 g/mol. The summed E-state index contributed by atoms with van der Waals surface area (Å²) in [6.07, 6.45) is -0.333. The van der Waals surface area contributed by atoms with Crippen LogP contribution < -0.4 is 5.73 Å². The standard InChI is InChI=1S/C12H12N2O2.ClH/c1-12(2)10-5-7-3-4-8(13)6-9(7)14(10)11(15)16-12;/h3-6H,13H2,1-2H3;1H. The fourth-order valence-corrected chi connectivity index (χ4v) is 2.17. The molecule has 0 spiro atoms. The van der Waals surface area contributed by atoms with Gasteiger partial charge in [0.25, 0.3) is 0 Å². The molecule has 0 radical (unpaired) electrons. The summed E-state index contributed by atoms with van der Waals surface area (Å²) in [5, 5.41) is 1.01. The van der Waals surface area contributed by atoms with Gasteiger partial charge >= 0.3 is 6.09 Å². The first kappa shape index (κ1) is 11.8. The van der Waals surface area contributed by atoms with Gasteiger partial charge in [0, 0.05) is 11.1 Å². The maximum Gasteiger partial charge on any atom is 0.419 e. The topological polar surface area (TPSA) is 57.2 Å². The van der Waals surface area contributed by atoms with Crippen LogP contribution in [-0.4, -0.2) is 10.7 Å². The summed E-state index contributed by atoms with van der Waals surface area (Å²) in [6, 6.07) is 7.51. The van der Waals surface area contributed by atoms with E-state index >= 15 is 0 Å². The number of hydrogen-bond acceptors (Lipinski definition) is 3. The van der Waals surface area contributed by atoms with E-state index in [1.165, 1.54) is 0 Å². The molecule has 0 saturated heterocycles.